The van der Waals surface area contributed by atoms with Gasteiger partial charge >= 0.3 is 5.92 Å². The second kappa shape index (κ2) is 12.4. The molecule has 1 amide bonds. The fourth-order valence-electron chi connectivity index (χ4n) is 4.01. The Morgan fingerprint density at radius 1 is 1.08 bits per heavy atom. The van der Waals surface area contributed by atoms with E-state index in [9.17, 15) is 18.4 Å². The maximum absolute atomic E-state index is 13.8. The summed E-state index contributed by atoms with van der Waals surface area (Å²) in [5.74, 6) is -4.67. The zero-order valence-corrected chi connectivity index (χ0v) is 23.5. The number of aryl methyl sites for hydroxylation is 1. The van der Waals surface area contributed by atoms with Gasteiger partial charge in [0.05, 0.1) is 23.4 Å². The molecule has 4 rings (SSSR count). The molecule has 0 bridgehead atoms. The second-order valence-electron chi connectivity index (χ2n) is 9.34. The molecule has 0 aliphatic rings. The van der Waals surface area contributed by atoms with Gasteiger partial charge in [-0.05, 0) is 47.9 Å². The van der Waals surface area contributed by atoms with Crippen LogP contribution in [0.4, 0.5) is 8.78 Å². The van der Waals surface area contributed by atoms with E-state index in [4.69, 9.17) is 16.3 Å². The number of nitrogens with one attached hydrogen (secondary N) is 1. The van der Waals surface area contributed by atoms with Crippen LogP contribution in [0.5, 0.6) is 5.75 Å². The lowest BCUT2D eigenvalue weighted by Crippen LogP contribution is -2.49. The first kappa shape index (κ1) is 29.8. The molecule has 10 heteroatoms. The normalized spacial score (nSPS) is 13.0. The number of pyridine rings is 1. The fourth-order valence-corrected chi connectivity index (χ4v) is 4.14. The van der Waals surface area contributed by atoms with Crippen LogP contribution in [-0.2, 0) is 11.8 Å². The van der Waals surface area contributed by atoms with Crippen molar-refractivity contribution in [2.75, 3.05) is 0 Å². The predicted molar refractivity (Wildman–Crippen MR) is 150 cm³/mol. The van der Waals surface area contributed by atoms with Crippen LogP contribution < -0.4 is 15.6 Å². The molecule has 7 nitrogen and oxygen atoms in total. The van der Waals surface area contributed by atoms with Crippen molar-refractivity contribution in [3.8, 4) is 11.4 Å². The van der Waals surface area contributed by atoms with E-state index in [2.05, 4.69) is 10.4 Å². The Morgan fingerprint density at radius 2 is 1.74 bits per heavy atom. The standard InChI is InChI=1S/C27H27ClF2N4O3.C2H6/c1-16(2)24(32-26(36)27(3,29)30)25(17-5-7-19(28)8-6-17)37-21-10-11-22-18(13-21)14-31-34(22)20-9-12-23(35)33(4)15-20;1-2/h5-16,24-25H,1-4H3,(H,32,36);1-2H3/t24?,25-;/m1./s1. The molecule has 2 aromatic heterocycles. The molecule has 0 saturated heterocycles. The molecule has 0 spiro atoms. The number of fused-ring (bicyclic) bond motifs is 1. The summed E-state index contributed by atoms with van der Waals surface area (Å²) in [7, 11) is 1.67. The van der Waals surface area contributed by atoms with Crippen LogP contribution in [0.2, 0.25) is 5.02 Å². The molecule has 39 heavy (non-hydrogen) atoms. The predicted octanol–water partition coefficient (Wildman–Crippen LogP) is 6.32. The Balaban J connectivity index is 0.00000205. The average molecular weight is 559 g/mol. The number of nitrogens with zero attached hydrogens (tertiary/aromatic N) is 3. The number of aromatic nitrogens is 3. The molecule has 0 radical (unpaired) electrons. The summed E-state index contributed by atoms with van der Waals surface area (Å²) in [6, 6.07) is 14.6. The Kier molecular flexibility index (Phi) is 9.50. The molecular weight excluding hydrogens is 526 g/mol. The number of hydrogen-bond acceptors (Lipinski definition) is 4. The highest BCUT2D eigenvalue weighted by atomic mass is 35.5. The molecule has 0 aliphatic heterocycles. The highest BCUT2D eigenvalue weighted by Gasteiger charge is 2.38. The summed E-state index contributed by atoms with van der Waals surface area (Å²) in [5.41, 5.74) is 2.04. The van der Waals surface area contributed by atoms with Crippen molar-refractivity contribution in [3.05, 3.63) is 87.9 Å². The second-order valence-corrected chi connectivity index (χ2v) is 9.77. The fraction of sp³-hybridized carbons (Fsp3) is 0.345. The van der Waals surface area contributed by atoms with E-state index in [-0.39, 0.29) is 11.5 Å². The number of ether oxygens (including phenoxy) is 1. The summed E-state index contributed by atoms with van der Waals surface area (Å²) in [6.45, 7) is 8.21. The largest absolute Gasteiger partial charge is 0.484 e. The van der Waals surface area contributed by atoms with Crippen LogP contribution in [0.15, 0.2) is 71.8 Å². The van der Waals surface area contributed by atoms with E-state index in [0.29, 0.717) is 28.9 Å². The number of halogens is 3. The molecule has 2 atom stereocenters. The van der Waals surface area contributed by atoms with E-state index in [1.54, 1.807) is 66.6 Å². The van der Waals surface area contributed by atoms with E-state index in [1.165, 1.54) is 10.6 Å². The number of alkyl halides is 2. The van der Waals surface area contributed by atoms with Gasteiger partial charge in [0.2, 0.25) is 5.56 Å². The third kappa shape index (κ3) is 7.03. The maximum atomic E-state index is 13.8. The molecule has 0 saturated carbocycles. The maximum Gasteiger partial charge on any atom is 0.321 e. The first-order chi connectivity index (χ1) is 18.4. The average Bonchev–Trinajstić information content (AvgIpc) is 3.32. The summed E-state index contributed by atoms with van der Waals surface area (Å²) < 4.78 is 37.0. The zero-order valence-electron chi connectivity index (χ0n) is 22.8. The number of amides is 1. The first-order valence-corrected chi connectivity index (χ1v) is 13.1. The van der Waals surface area contributed by atoms with E-state index < -0.39 is 24.0 Å². The van der Waals surface area contributed by atoms with Gasteiger partial charge in [-0.25, -0.2) is 4.68 Å². The van der Waals surface area contributed by atoms with Crippen LogP contribution in [0.3, 0.4) is 0 Å². The molecule has 208 valence electrons. The molecule has 1 unspecified atom stereocenters. The lowest BCUT2D eigenvalue weighted by Gasteiger charge is -2.32. The number of carbonyl (C=O) groups is 1. The van der Waals surface area contributed by atoms with Gasteiger partial charge in [0.1, 0.15) is 11.9 Å². The third-order valence-corrected chi connectivity index (χ3v) is 6.31. The zero-order chi connectivity index (χ0) is 28.9. The van der Waals surface area contributed by atoms with E-state index >= 15 is 0 Å². The molecule has 0 fully saturated rings. The van der Waals surface area contributed by atoms with Crippen molar-refractivity contribution >= 4 is 28.4 Å². The van der Waals surface area contributed by atoms with Gasteiger partial charge in [-0.1, -0.05) is 51.4 Å². The number of rotatable bonds is 8. The van der Waals surface area contributed by atoms with Gasteiger partial charge in [-0.3, -0.25) is 9.59 Å². The van der Waals surface area contributed by atoms with E-state index in [0.717, 1.165) is 10.9 Å². The summed E-state index contributed by atoms with van der Waals surface area (Å²) in [6.07, 6.45) is 2.58. The monoisotopic (exact) mass is 558 g/mol. The van der Waals surface area contributed by atoms with Gasteiger partial charge in [0.25, 0.3) is 5.91 Å². The van der Waals surface area contributed by atoms with Gasteiger partial charge in [0, 0.05) is 36.6 Å². The lowest BCUT2D eigenvalue weighted by molar-refractivity contribution is -0.145. The quantitative estimate of drug-likeness (QED) is 0.274. The lowest BCUT2D eigenvalue weighted by atomic mass is 9.92. The Morgan fingerprint density at radius 3 is 2.33 bits per heavy atom. The van der Waals surface area contributed by atoms with Crippen molar-refractivity contribution in [2.45, 2.75) is 52.7 Å². The highest BCUT2D eigenvalue weighted by molar-refractivity contribution is 6.30. The summed E-state index contributed by atoms with van der Waals surface area (Å²) in [4.78, 5) is 24.0. The number of carbonyl (C=O) groups excluding carboxylic acids is 1. The van der Waals surface area contributed by atoms with Crippen molar-refractivity contribution < 1.29 is 18.3 Å². The molecule has 2 aromatic carbocycles. The van der Waals surface area contributed by atoms with Crippen LogP contribution in [0.1, 0.15) is 46.3 Å². The van der Waals surface area contributed by atoms with Crippen LogP contribution in [-0.4, -0.2) is 32.2 Å². The third-order valence-electron chi connectivity index (χ3n) is 6.06. The molecule has 4 aromatic rings. The first-order valence-electron chi connectivity index (χ1n) is 12.7. The van der Waals surface area contributed by atoms with E-state index in [1.807, 2.05) is 33.8 Å². The van der Waals surface area contributed by atoms with Crippen molar-refractivity contribution in [2.24, 2.45) is 13.0 Å². The Labute approximate surface area is 231 Å². The molecular formula is C29H33ClF2N4O3. The summed E-state index contributed by atoms with van der Waals surface area (Å²) >= 11 is 6.06. The highest BCUT2D eigenvalue weighted by Crippen LogP contribution is 2.32. The van der Waals surface area contributed by atoms with Gasteiger partial charge in [0.15, 0.2) is 0 Å². The Bertz CT molecular complexity index is 1480. The summed E-state index contributed by atoms with van der Waals surface area (Å²) in [5, 5.41) is 8.20. The molecule has 2 heterocycles. The smallest absolute Gasteiger partial charge is 0.321 e. The van der Waals surface area contributed by atoms with Gasteiger partial charge in [-0.15, -0.1) is 0 Å². The van der Waals surface area contributed by atoms with Crippen LogP contribution in [0, 0.1) is 5.92 Å². The van der Waals surface area contributed by atoms with Crippen LogP contribution in [0.25, 0.3) is 16.6 Å². The SMILES string of the molecule is CC.CC(C)C(NC(=O)C(C)(F)F)[C@H](Oc1ccc2c(cnn2-c2ccc(=O)n(C)c2)c1)c1ccc(Cl)cc1. The van der Waals surface area contributed by atoms with Gasteiger partial charge in [-0.2, -0.15) is 13.9 Å². The molecule has 1 N–H and O–H groups in total. The Hall–Kier alpha value is -3.72. The van der Waals surface area contributed by atoms with Crippen molar-refractivity contribution in [1.82, 2.24) is 19.7 Å². The van der Waals surface area contributed by atoms with Gasteiger partial charge < -0.3 is 14.6 Å². The number of benzene rings is 2. The minimum atomic E-state index is -3.54. The minimum absolute atomic E-state index is 0.128. The van der Waals surface area contributed by atoms with Crippen LogP contribution >= 0.6 is 11.6 Å². The number of hydrogen-bond donors (Lipinski definition) is 1. The van der Waals surface area contributed by atoms with Crippen molar-refractivity contribution in [3.63, 3.8) is 0 Å². The topological polar surface area (TPSA) is 78.2 Å². The van der Waals surface area contributed by atoms with Crippen molar-refractivity contribution in [1.29, 1.82) is 0 Å². The minimum Gasteiger partial charge on any atom is -0.484 e. The molecule has 0 aliphatic carbocycles.